The summed E-state index contributed by atoms with van der Waals surface area (Å²) in [6, 6.07) is 1.90. The first-order valence-corrected chi connectivity index (χ1v) is 8.73. The van der Waals surface area contributed by atoms with Crippen LogP contribution in [0.1, 0.15) is 52.3 Å². The molecule has 0 fully saturated rings. The fourth-order valence-corrected chi connectivity index (χ4v) is 3.96. The molecule has 2 N–H and O–H groups in total. The van der Waals surface area contributed by atoms with E-state index in [2.05, 4.69) is 0 Å². The Balaban J connectivity index is 3.20. The largest absolute Gasteiger partial charge is 0.346 e. The minimum Gasteiger partial charge on any atom is -0.346 e. The average Bonchev–Trinajstić information content (AvgIpc) is 2.83. The highest BCUT2D eigenvalue weighted by Gasteiger charge is 2.25. The summed E-state index contributed by atoms with van der Waals surface area (Å²) >= 11 is 0. The van der Waals surface area contributed by atoms with Gasteiger partial charge in [0, 0.05) is 37.6 Å². The van der Waals surface area contributed by atoms with Crippen molar-refractivity contribution in [2.75, 3.05) is 13.1 Å². The highest BCUT2D eigenvalue weighted by Crippen LogP contribution is 2.22. The molecule has 116 valence electrons. The minimum atomic E-state index is -3.41. The molecule has 0 amide bonds. The molecule has 20 heavy (non-hydrogen) atoms. The van der Waals surface area contributed by atoms with Crippen molar-refractivity contribution in [3.05, 3.63) is 18.0 Å². The Morgan fingerprint density at radius 3 is 2.15 bits per heavy atom. The maximum absolute atomic E-state index is 12.7. The molecule has 0 saturated heterocycles. The summed E-state index contributed by atoms with van der Waals surface area (Å²) < 4.78 is 28.9. The SMILES string of the molecule is CCCN(CCC)S(=O)(=O)c1cc(CN)n(C(C)C)c1. The van der Waals surface area contributed by atoms with E-state index in [9.17, 15) is 8.42 Å². The second-order valence-electron chi connectivity index (χ2n) is 5.28. The number of rotatable bonds is 8. The van der Waals surface area contributed by atoms with Crippen LogP contribution in [0.25, 0.3) is 0 Å². The molecule has 0 spiro atoms. The lowest BCUT2D eigenvalue weighted by Gasteiger charge is -2.20. The van der Waals surface area contributed by atoms with Crippen molar-refractivity contribution >= 4 is 10.0 Å². The fourth-order valence-electron chi connectivity index (χ4n) is 2.28. The topological polar surface area (TPSA) is 68.3 Å². The fraction of sp³-hybridized carbons (Fsp3) is 0.714. The van der Waals surface area contributed by atoms with Gasteiger partial charge in [0.2, 0.25) is 10.0 Å². The van der Waals surface area contributed by atoms with E-state index < -0.39 is 10.0 Å². The molecule has 0 atom stereocenters. The summed E-state index contributed by atoms with van der Waals surface area (Å²) in [6.07, 6.45) is 3.34. The highest BCUT2D eigenvalue weighted by molar-refractivity contribution is 7.89. The summed E-state index contributed by atoms with van der Waals surface area (Å²) in [7, 11) is -3.41. The van der Waals surface area contributed by atoms with Gasteiger partial charge in [-0.3, -0.25) is 0 Å². The van der Waals surface area contributed by atoms with Gasteiger partial charge in [-0.05, 0) is 32.8 Å². The highest BCUT2D eigenvalue weighted by atomic mass is 32.2. The maximum atomic E-state index is 12.7. The van der Waals surface area contributed by atoms with Crippen LogP contribution >= 0.6 is 0 Å². The van der Waals surface area contributed by atoms with Gasteiger partial charge in [0.15, 0.2) is 0 Å². The van der Waals surface area contributed by atoms with Gasteiger partial charge in [0.1, 0.15) is 4.90 Å². The Morgan fingerprint density at radius 1 is 1.25 bits per heavy atom. The van der Waals surface area contributed by atoms with E-state index in [1.807, 2.05) is 32.3 Å². The number of hydrogen-bond acceptors (Lipinski definition) is 3. The first-order chi connectivity index (χ1) is 9.38. The predicted octanol–water partition coefficient (Wildman–Crippen LogP) is 2.34. The molecule has 1 aromatic rings. The Bertz CT molecular complexity index is 515. The summed E-state index contributed by atoms with van der Waals surface area (Å²) in [6.45, 7) is 9.47. The van der Waals surface area contributed by atoms with Crippen LogP contribution in [0.2, 0.25) is 0 Å². The van der Waals surface area contributed by atoms with Crippen molar-refractivity contribution in [2.24, 2.45) is 5.73 Å². The van der Waals surface area contributed by atoms with Crippen LogP contribution in [0.3, 0.4) is 0 Å². The summed E-state index contributed by atoms with van der Waals surface area (Å²) in [4.78, 5) is 0.355. The number of sulfonamides is 1. The molecule has 5 nitrogen and oxygen atoms in total. The van der Waals surface area contributed by atoms with E-state index in [4.69, 9.17) is 5.73 Å². The third kappa shape index (κ3) is 3.62. The molecule has 0 aromatic carbocycles. The molecule has 0 saturated carbocycles. The third-order valence-corrected chi connectivity index (χ3v) is 5.12. The van der Waals surface area contributed by atoms with Crippen LogP contribution in [0.5, 0.6) is 0 Å². The van der Waals surface area contributed by atoms with Crippen molar-refractivity contribution in [1.29, 1.82) is 0 Å². The molecule has 0 radical (unpaired) electrons. The van der Waals surface area contributed by atoms with Gasteiger partial charge in [-0.25, -0.2) is 8.42 Å². The molecule has 6 heteroatoms. The van der Waals surface area contributed by atoms with E-state index in [1.165, 1.54) is 0 Å². The van der Waals surface area contributed by atoms with Crippen LogP contribution in [0, 0.1) is 0 Å². The normalized spacial score (nSPS) is 12.6. The predicted molar refractivity (Wildman–Crippen MR) is 82.0 cm³/mol. The van der Waals surface area contributed by atoms with Gasteiger partial charge < -0.3 is 10.3 Å². The van der Waals surface area contributed by atoms with Gasteiger partial charge >= 0.3 is 0 Å². The number of nitrogens with zero attached hydrogens (tertiary/aromatic N) is 2. The first kappa shape index (κ1) is 17.2. The van der Waals surface area contributed by atoms with E-state index in [1.54, 1.807) is 16.6 Å². The van der Waals surface area contributed by atoms with Crippen LogP contribution in [0.15, 0.2) is 17.2 Å². The Labute approximate surface area is 122 Å². The van der Waals surface area contributed by atoms with Gasteiger partial charge in [-0.15, -0.1) is 0 Å². The second-order valence-corrected chi connectivity index (χ2v) is 7.21. The van der Waals surface area contributed by atoms with E-state index in [-0.39, 0.29) is 6.04 Å². The van der Waals surface area contributed by atoms with Crippen molar-refractivity contribution in [1.82, 2.24) is 8.87 Å². The lowest BCUT2D eigenvalue weighted by molar-refractivity contribution is 0.409. The Hall–Kier alpha value is -0.850. The molecule has 1 rings (SSSR count). The summed E-state index contributed by atoms with van der Waals surface area (Å²) in [5.41, 5.74) is 6.56. The molecule has 0 aliphatic heterocycles. The molecule has 1 aromatic heterocycles. The monoisotopic (exact) mass is 301 g/mol. The third-order valence-electron chi connectivity index (χ3n) is 3.26. The van der Waals surface area contributed by atoms with Gasteiger partial charge in [0.05, 0.1) is 0 Å². The van der Waals surface area contributed by atoms with E-state index in [0.29, 0.717) is 24.5 Å². The second kappa shape index (κ2) is 7.24. The summed E-state index contributed by atoms with van der Waals surface area (Å²) in [5.74, 6) is 0. The maximum Gasteiger partial charge on any atom is 0.244 e. The number of nitrogens with two attached hydrogens (primary N) is 1. The molecule has 1 heterocycles. The van der Waals surface area contributed by atoms with Crippen LogP contribution in [0.4, 0.5) is 0 Å². The number of hydrogen-bond donors (Lipinski definition) is 1. The Morgan fingerprint density at radius 2 is 1.80 bits per heavy atom. The molecule has 0 bridgehead atoms. The summed E-state index contributed by atoms with van der Waals surface area (Å²) in [5, 5.41) is 0. The molecular weight excluding hydrogens is 274 g/mol. The first-order valence-electron chi connectivity index (χ1n) is 7.29. The molecular formula is C14H27N3O2S. The average molecular weight is 301 g/mol. The smallest absolute Gasteiger partial charge is 0.244 e. The van der Waals surface area contributed by atoms with E-state index in [0.717, 1.165) is 18.5 Å². The van der Waals surface area contributed by atoms with Gasteiger partial charge in [0.25, 0.3) is 0 Å². The quantitative estimate of drug-likeness (QED) is 0.801. The zero-order chi connectivity index (χ0) is 15.3. The lowest BCUT2D eigenvalue weighted by Crippen LogP contribution is -2.32. The lowest BCUT2D eigenvalue weighted by atomic mass is 10.3. The van der Waals surface area contributed by atoms with Gasteiger partial charge in [-0.1, -0.05) is 13.8 Å². The molecule has 0 aliphatic carbocycles. The van der Waals surface area contributed by atoms with Crippen molar-refractivity contribution in [2.45, 2.75) is 58.0 Å². The van der Waals surface area contributed by atoms with Gasteiger partial charge in [-0.2, -0.15) is 4.31 Å². The van der Waals surface area contributed by atoms with Crippen LogP contribution < -0.4 is 5.73 Å². The van der Waals surface area contributed by atoms with Crippen molar-refractivity contribution in [3.8, 4) is 0 Å². The minimum absolute atomic E-state index is 0.198. The Kier molecular flexibility index (Phi) is 6.23. The van der Waals surface area contributed by atoms with E-state index >= 15 is 0 Å². The van der Waals surface area contributed by atoms with Crippen molar-refractivity contribution in [3.63, 3.8) is 0 Å². The number of aromatic nitrogens is 1. The standard InChI is InChI=1S/C14H27N3O2S/c1-5-7-16(8-6-2)20(18,19)14-9-13(10-15)17(11-14)12(3)4/h9,11-12H,5-8,10,15H2,1-4H3. The van der Waals surface area contributed by atoms with Crippen LogP contribution in [-0.2, 0) is 16.6 Å². The zero-order valence-electron chi connectivity index (χ0n) is 13.0. The van der Waals surface area contributed by atoms with Crippen molar-refractivity contribution < 1.29 is 8.42 Å². The van der Waals surface area contributed by atoms with Crippen LogP contribution in [-0.4, -0.2) is 30.4 Å². The molecule has 0 aliphatic rings. The molecule has 0 unspecified atom stereocenters. The zero-order valence-corrected chi connectivity index (χ0v) is 13.8.